The van der Waals surface area contributed by atoms with E-state index >= 15 is 0 Å². The molecule has 0 saturated carbocycles. The van der Waals surface area contributed by atoms with Gasteiger partial charge in [0, 0.05) is 32.8 Å². The van der Waals surface area contributed by atoms with Crippen LogP contribution in [0.5, 0.6) is 0 Å². The summed E-state index contributed by atoms with van der Waals surface area (Å²) < 4.78 is 16.3. The number of hydrogen-bond acceptors (Lipinski definition) is 7. The van der Waals surface area contributed by atoms with Crippen molar-refractivity contribution in [3.05, 3.63) is 24.1 Å². The number of carbonyl (C=O) groups excluding carboxylic acids is 1. The van der Waals surface area contributed by atoms with Crippen LogP contribution in [0.25, 0.3) is 11.7 Å². The van der Waals surface area contributed by atoms with Crippen LogP contribution in [0.3, 0.4) is 0 Å². The minimum Gasteiger partial charge on any atom is -0.459 e. The molecule has 1 unspecified atom stereocenters. The summed E-state index contributed by atoms with van der Waals surface area (Å²) in [6, 6.07) is 5.54. The van der Waals surface area contributed by atoms with Crippen LogP contribution >= 0.6 is 0 Å². The van der Waals surface area contributed by atoms with Crippen LogP contribution in [0.1, 0.15) is 12.1 Å². The van der Waals surface area contributed by atoms with E-state index in [-0.39, 0.29) is 23.4 Å². The molecule has 4 rings (SSSR count). The first kappa shape index (κ1) is 15.7. The topological polar surface area (TPSA) is 95.7 Å². The second-order valence-electron chi connectivity index (χ2n) is 6.13. The summed E-state index contributed by atoms with van der Waals surface area (Å²) >= 11 is 0. The summed E-state index contributed by atoms with van der Waals surface area (Å²) in [5.41, 5.74) is 0.232. The van der Waals surface area contributed by atoms with Gasteiger partial charge in [-0.25, -0.2) is 0 Å². The van der Waals surface area contributed by atoms with Gasteiger partial charge in [-0.15, -0.1) is 0 Å². The van der Waals surface area contributed by atoms with E-state index in [1.807, 2.05) is 9.80 Å². The van der Waals surface area contributed by atoms with Crippen molar-refractivity contribution in [1.82, 2.24) is 9.88 Å². The Morgan fingerprint density at radius 2 is 2.16 bits per heavy atom. The maximum Gasteiger partial charge on any atom is 0.266 e. The van der Waals surface area contributed by atoms with Gasteiger partial charge in [0.1, 0.15) is 6.07 Å². The molecule has 2 aromatic heterocycles. The maximum absolute atomic E-state index is 12.5. The van der Waals surface area contributed by atoms with E-state index in [0.717, 1.165) is 6.42 Å². The first-order chi connectivity index (χ1) is 12.3. The van der Waals surface area contributed by atoms with Crippen LogP contribution < -0.4 is 4.90 Å². The third kappa shape index (κ3) is 2.98. The summed E-state index contributed by atoms with van der Waals surface area (Å²) in [5.74, 6) is 1.35. The Bertz CT molecular complexity index is 778. The molecule has 2 fully saturated rings. The van der Waals surface area contributed by atoms with Crippen LogP contribution in [0.2, 0.25) is 0 Å². The SMILES string of the molecule is N#Cc1nc(-c2ccco2)oc1N1CCN(C(=O)C2CCOC2)CC1. The van der Waals surface area contributed by atoms with Crippen molar-refractivity contribution in [2.24, 2.45) is 5.92 Å². The van der Waals surface area contributed by atoms with E-state index in [0.29, 0.717) is 51.0 Å². The van der Waals surface area contributed by atoms with Gasteiger partial charge < -0.3 is 23.4 Å². The first-order valence-electron chi connectivity index (χ1n) is 8.32. The number of hydrogen-bond donors (Lipinski definition) is 0. The zero-order chi connectivity index (χ0) is 17.2. The van der Waals surface area contributed by atoms with Crippen LogP contribution in [0.4, 0.5) is 5.88 Å². The lowest BCUT2D eigenvalue weighted by atomic mass is 10.1. The lowest BCUT2D eigenvalue weighted by Gasteiger charge is -2.35. The van der Waals surface area contributed by atoms with Crippen LogP contribution in [0, 0.1) is 17.2 Å². The van der Waals surface area contributed by atoms with Gasteiger partial charge in [-0.1, -0.05) is 0 Å². The molecule has 0 bridgehead atoms. The number of piperazine rings is 1. The lowest BCUT2D eigenvalue weighted by molar-refractivity contribution is -0.135. The van der Waals surface area contributed by atoms with Gasteiger partial charge in [-0.3, -0.25) is 4.79 Å². The van der Waals surface area contributed by atoms with E-state index < -0.39 is 0 Å². The molecule has 0 aliphatic carbocycles. The molecule has 8 heteroatoms. The fourth-order valence-corrected chi connectivity index (χ4v) is 3.22. The number of aromatic nitrogens is 1. The number of nitriles is 1. The zero-order valence-electron chi connectivity index (χ0n) is 13.7. The molecule has 2 aliphatic heterocycles. The van der Waals surface area contributed by atoms with E-state index in [9.17, 15) is 10.1 Å². The second-order valence-corrected chi connectivity index (χ2v) is 6.13. The average molecular weight is 342 g/mol. The fourth-order valence-electron chi connectivity index (χ4n) is 3.22. The highest BCUT2D eigenvalue weighted by Crippen LogP contribution is 2.29. The molecule has 0 spiro atoms. The van der Waals surface area contributed by atoms with E-state index in [1.165, 1.54) is 6.26 Å². The standard InChI is InChI=1S/C17H18N4O4/c18-10-13-17(25-15(19-13)14-2-1-8-24-14)21-6-4-20(5-7-21)16(22)12-3-9-23-11-12/h1-2,8,12H,3-7,9,11H2. The molecule has 4 heterocycles. The summed E-state index contributed by atoms with van der Waals surface area (Å²) in [6.07, 6.45) is 2.33. The van der Waals surface area contributed by atoms with Gasteiger partial charge in [0.2, 0.25) is 17.5 Å². The maximum atomic E-state index is 12.5. The van der Waals surface area contributed by atoms with Gasteiger partial charge in [-0.2, -0.15) is 10.2 Å². The Morgan fingerprint density at radius 1 is 1.32 bits per heavy atom. The predicted molar refractivity (Wildman–Crippen MR) is 86.6 cm³/mol. The third-order valence-electron chi connectivity index (χ3n) is 4.60. The van der Waals surface area contributed by atoms with Crippen LogP contribution in [0.15, 0.2) is 27.2 Å². The number of oxazole rings is 1. The van der Waals surface area contributed by atoms with Gasteiger partial charge in [0.25, 0.3) is 5.89 Å². The van der Waals surface area contributed by atoms with Gasteiger partial charge in [-0.05, 0) is 18.6 Å². The number of rotatable bonds is 3. The van der Waals surface area contributed by atoms with Crippen molar-refractivity contribution >= 4 is 11.8 Å². The summed E-state index contributed by atoms with van der Waals surface area (Å²) in [4.78, 5) is 20.5. The lowest BCUT2D eigenvalue weighted by Crippen LogP contribution is -2.50. The molecule has 25 heavy (non-hydrogen) atoms. The quantitative estimate of drug-likeness (QED) is 0.834. The molecule has 0 aromatic carbocycles. The Hall–Kier alpha value is -2.79. The zero-order valence-corrected chi connectivity index (χ0v) is 13.7. The van der Waals surface area contributed by atoms with Crippen molar-refractivity contribution in [2.45, 2.75) is 6.42 Å². The minimum atomic E-state index is -0.0166. The van der Waals surface area contributed by atoms with Crippen molar-refractivity contribution < 1.29 is 18.4 Å². The van der Waals surface area contributed by atoms with Crippen molar-refractivity contribution in [3.63, 3.8) is 0 Å². The van der Waals surface area contributed by atoms with Crippen LogP contribution in [-0.4, -0.2) is 55.2 Å². The molecule has 2 aliphatic rings. The van der Waals surface area contributed by atoms with Crippen molar-refractivity contribution in [1.29, 1.82) is 5.26 Å². The molecule has 2 aromatic rings. The Kier molecular flexibility index (Phi) is 4.15. The number of carbonyl (C=O) groups is 1. The normalized spacial score (nSPS) is 20.7. The predicted octanol–water partition coefficient (Wildman–Crippen LogP) is 1.49. The summed E-state index contributed by atoms with van der Waals surface area (Å²) in [5, 5.41) is 9.34. The molecule has 0 radical (unpaired) electrons. The number of amides is 1. The third-order valence-corrected chi connectivity index (χ3v) is 4.60. The molecule has 130 valence electrons. The number of furan rings is 1. The Labute approximate surface area is 144 Å². The summed E-state index contributed by atoms with van der Waals surface area (Å²) in [7, 11) is 0. The highest BCUT2D eigenvalue weighted by molar-refractivity contribution is 5.79. The highest BCUT2D eigenvalue weighted by atomic mass is 16.5. The Balaban J connectivity index is 1.45. The van der Waals surface area contributed by atoms with Gasteiger partial charge >= 0.3 is 0 Å². The first-order valence-corrected chi connectivity index (χ1v) is 8.32. The second kappa shape index (κ2) is 6.61. The van der Waals surface area contributed by atoms with Gasteiger partial charge in [0.05, 0.1) is 18.8 Å². The van der Waals surface area contributed by atoms with Crippen molar-refractivity contribution in [2.75, 3.05) is 44.3 Å². The number of nitrogens with zero attached hydrogens (tertiary/aromatic N) is 4. The molecule has 2 saturated heterocycles. The monoisotopic (exact) mass is 342 g/mol. The molecule has 8 nitrogen and oxygen atoms in total. The molecule has 0 N–H and O–H groups in total. The highest BCUT2D eigenvalue weighted by Gasteiger charge is 2.31. The smallest absolute Gasteiger partial charge is 0.266 e. The number of anilines is 1. The summed E-state index contributed by atoms with van der Waals surface area (Å²) in [6.45, 7) is 3.57. The van der Waals surface area contributed by atoms with E-state index in [2.05, 4.69) is 11.1 Å². The van der Waals surface area contributed by atoms with E-state index in [4.69, 9.17) is 13.6 Å². The van der Waals surface area contributed by atoms with Gasteiger partial charge in [0.15, 0.2) is 5.76 Å². The largest absolute Gasteiger partial charge is 0.459 e. The molecular weight excluding hydrogens is 324 g/mol. The average Bonchev–Trinajstić information content (AvgIpc) is 3.42. The number of ether oxygens (including phenoxy) is 1. The van der Waals surface area contributed by atoms with Crippen molar-refractivity contribution in [3.8, 4) is 17.7 Å². The Morgan fingerprint density at radius 3 is 2.80 bits per heavy atom. The van der Waals surface area contributed by atoms with E-state index in [1.54, 1.807) is 12.1 Å². The molecule has 1 amide bonds. The minimum absolute atomic E-state index is 0.0166. The molecular formula is C17H18N4O4. The molecule has 1 atom stereocenters. The van der Waals surface area contributed by atoms with Crippen LogP contribution in [-0.2, 0) is 9.53 Å². The fraction of sp³-hybridized carbons (Fsp3) is 0.471.